The van der Waals surface area contributed by atoms with E-state index < -0.39 is 0 Å². The summed E-state index contributed by atoms with van der Waals surface area (Å²) in [6.07, 6.45) is 4.13. The minimum Gasteiger partial charge on any atom is -0.457 e. The van der Waals surface area contributed by atoms with Crippen LogP contribution in [-0.2, 0) is 0 Å². The van der Waals surface area contributed by atoms with E-state index in [1.165, 1.54) is 5.56 Å². The van der Waals surface area contributed by atoms with Crippen molar-refractivity contribution in [3.8, 4) is 11.5 Å². The third kappa shape index (κ3) is 3.75. The fourth-order valence-electron chi connectivity index (χ4n) is 1.45. The Morgan fingerprint density at radius 2 is 1.53 bits per heavy atom. The van der Waals surface area contributed by atoms with E-state index in [1.54, 1.807) is 0 Å². The monoisotopic (exact) mass is 288 g/mol. The zero-order valence-electron chi connectivity index (χ0n) is 9.34. The smallest absolute Gasteiger partial charge is 0.127 e. The summed E-state index contributed by atoms with van der Waals surface area (Å²) in [6.45, 7) is 0. The molecular weight excluding hydrogens is 276 g/mol. The van der Waals surface area contributed by atoms with Crippen molar-refractivity contribution in [3.05, 3.63) is 66.2 Å². The molecule has 2 heteroatoms. The quantitative estimate of drug-likeness (QED) is 0.728. The minimum absolute atomic E-state index is 0.854. The Bertz CT molecular complexity index is 474. The number of ether oxygens (including phenoxy) is 1. The average molecular weight is 289 g/mol. The highest BCUT2D eigenvalue weighted by Crippen LogP contribution is 2.21. The van der Waals surface area contributed by atoms with E-state index in [0.717, 1.165) is 16.8 Å². The van der Waals surface area contributed by atoms with Crippen molar-refractivity contribution in [1.82, 2.24) is 0 Å². The van der Waals surface area contributed by atoms with E-state index >= 15 is 0 Å². The van der Waals surface area contributed by atoms with Gasteiger partial charge in [0.1, 0.15) is 11.5 Å². The molecule has 0 unspecified atom stereocenters. The Hall–Kier alpha value is -1.54. The lowest BCUT2D eigenvalue weighted by Gasteiger charge is -2.05. The molecule has 0 amide bonds. The molecule has 1 nitrogen and oxygen atoms in total. The standard InChI is InChI=1S/C15H13BrO/c16-12-4-5-13-8-10-15(11-9-13)17-14-6-2-1-3-7-14/h1-11H,12H2. The molecule has 2 rings (SSSR count). The van der Waals surface area contributed by atoms with E-state index in [9.17, 15) is 0 Å². The Morgan fingerprint density at radius 1 is 0.882 bits per heavy atom. The largest absolute Gasteiger partial charge is 0.457 e. The van der Waals surface area contributed by atoms with Gasteiger partial charge in [-0.05, 0) is 29.8 Å². The van der Waals surface area contributed by atoms with E-state index in [2.05, 4.69) is 28.1 Å². The molecule has 0 atom stereocenters. The van der Waals surface area contributed by atoms with Gasteiger partial charge in [-0.25, -0.2) is 0 Å². The van der Waals surface area contributed by atoms with Crippen molar-refractivity contribution in [1.29, 1.82) is 0 Å². The lowest BCUT2D eigenvalue weighted by molar-refractivity contribution is 0.482. The first-order valence-electron chi connectivity index (χ1n) is 5.44. The summed E-state index contributed by atoms with van der Waals surface area (Å²) in [6, 6.07) is 17.8. The van der Waals surface area contributed by atoms with E-state index in [4.69, 9.17) is 4.74 Å². The molecule has 0 aliphatic heterocycles. The van der Waals surface area contributed by atoms with Crippen molar-refractivity contribution in [2.24, 2.45) is 0 Å². The Balaban J connectivity index is 2.06. The van der Waals surface area contributed by atoms with Crippen LogP contribution >= 0.6 is 15.9 Å². The van der Waals surface area contributed by atoms with Crippen molar-refractivity contribution >= 4 is 22.0 Å². The van der Waals surface area contributed by atoms with Crippen LogP contribution in [-0.4, -0.2) is 5.33 Å². The summed E-state index contributed by atoms with van der Waals surface area (Å²) >= 11 is 3.35. The van der Waals surface area contributed by atoms with Crippen LogP contribution < -0.4 is 4.74 Å². The molecule has 17 heavy (non-hydrogen) atoms. The van der Waals surface area contributed by atoms with Gasteiger partial charge in [-0.2, -0.15) is 0 Å². The van der Waals surface area contributed by atoms with Gasteiger partial charge in [-0.3, -0.25) is 0 Å². The fraction of sp³-hybridized carbons (Fsp3) is 0.0667. The molecule has 0 aliphatic carbocycles. The molecule has 0 fully saturated rings. The van der Waals surface area contributed by atoms with Crippen LogP contribution in [0.25, 0.3) is 6.08 Å². The van der Waals surface area contributed by atoms with Crippen LogP contribution in [0.2, 0.25) is 0 Å². The maximum atomic E-state index is 5.70. The summed E-state index contributed by atoms with van der Waals surface area (Å²) < 4.78 is 5.70. The van der Waals surface area contributed by atoms with Crippen LogP contribution in [0.5, 0.6) is 11.5 Å². The van der Waals surface area contributed by atoms with Gasteiger partial charge < -0.3 is 4.74 Å². The molecule has 0 aromatic heterocycles. The number of allylic oxidation sites excluding steroid dienone is 1. The molecule has 86 valence electrons. The molecule has 0 N–H and O–H groups in total. The first-order chi connectivity index (χ1) is 8.38. The summed E-state index contributed by atoms with van der Waals surface area (Å²) in [4.78, 5) is 0. The molecule has 0 spiro atoms. The fourth-order valence-corrected chi connectivity index (χ4v) is 1.64. The number of rotatable bonds is 4. The topological polar surface area (TPSA) is 9.23 Å². The normalized spacial score (nSPS) is 10.6. The number of alkyl halides is 1. The van der Waals surface area contributed by atoms with Crippen LogP contribution in [0.15, 0.2) is 60.7 Å². The summed E-state index contributed by atoms with van der Waals surface area (Å²) in [5, 5.41) is 0.870. The molecule has 0 heterocycles. The van der Waals surface area contributed by atoms with Crippen LogP contribution in [0.1, 0.15) is 5.56 Å². The van der Waals surface area contributed by atoms with Gasteiger partial charge in [0.2, 0.25) is 0 Å². The van der Waals surface area contributed by atoms with Crippen molar-refractivity contribution in [3.63, 3.8) is 0 Å². The first-order valence-corrected chi connectivity index (χ1v) is 6.56. The molecular formula is C15H13BrO. The Morgan fingerprint density at radius 3 is 2.18 bits per heavy atom. The van der Waals surface area contributed by atoms with E-state index in [0.29, 0.717) is 0 Å². The zero-order chi connectivity index (χ0) is 11.9. The highest BCUT2D eigenvalue weighted by Gasteiger charge is 1.95. The second kappa shape index (κ2) is 6.26. The first kappa shape index (κ1) is 11.9. The van der Waals surface area contributed by atoms with Gasteiger partial charge in [-0.15, -0.1) is 0 Å². The van der Waals surface area contributed by atoms with Crippen LogP contribution in [0.3, 0.4) is 0 Å². The Labute approximate surface area is 110 Å². The van der Waals surface area contributed by atoms with Gasteiger partial charge >= 0.3 is 0 Å². The second-order valence-corrected chi connectivity index (χ2v) is 4.19. The zero-order valence-corrected chi connectivity index (χ0v) is 10.9. The summed E-state index contributed by atoms with van der Waals surface area (Å²) in [7, 11) is 0. The van der Waals surface area contributed by atoms with Crippen molar-refractivity contribution in [2.45, 2.75) is 0 Å². The average Bonchev–Trinajstić information content (AvgIpc) is 2.39. The van der Waals surface area contributed by atoms with Crippen LogP contribution in [0.4, 0.5) is 0 Å². The van der Waals surface area contributed by atoms with Crippen LogP contribution in [0, 0.1) is 0 Å². The van der Waals surface area contributed by atoms with E-state index in [-0.39, 0.29) is 0 Å². The predicted octanol–water partition coefficient (Wildman–Crippen LogP) is 4.89. The molecule has 0 radical (unpaired) electrons. The number of hydrogen-bond acceptors (Lipinski definition) is 1. The number of halogens is 1. The Kier molecular flexibility index (Phi) is 4.39. The highest BCUT2D eigenvalue weighted by atomic mass is 79.9. The second-order valence-electron chi connectivity index (χ2n) is 3.54. The molecule has 0 saturated heterocycles. The molecule has 0 bridgehead atoms. The SMILES string of the molecule is BrCC=Cc1ccc(Oc2ccccc2)cc1. The lowest BCUT2D eigenvalue weighted by Crippen LogP contribution is -1.83. The minimum atomic E-state index is 0.854. The number of hydrogen-bond donors (Lipinski definition) is 0. The summed E-state index contributed by atoms with van der Waals surface area (Å²) in [5.41, 5.74) is 1.17. The van der Waals surface area contributed by atoms with Crippen molar-refractivity contribution < 1.29 is 4.74 Å². The third-order valence-corrected chi connectivity index (χ3v) is 2.63. The maximum Gasteiger partial charge on any atom is 0.127 e. The molecule has 0 aliphatic rings. The van der Waals surface area contributed by atoms with Crippen molar-refractivity contribution in [2.75, 3.05) is 5.33 Å². The lowest BCUT2D eigenvalue weighted by atomic mass is 10.2. The summed E-state index contributed by atoms with van der Waals surface area (Å²) in [5.74, 6) is 1.71. The highest BCUT2D eigenvalue weighted by molar-refractivity contribution is 9.09. The number of benzene rings is 2. The molecule has 2 aromatic carbocycles. The maximum absolute atomic E-state index is 5.70. The van der Waals surface area contributed by atoms with Gasteiger partial charge in [0, 0.05) is 5.33 Å². The van der Waals surface area contributed by atoms with E-state index in [1.807, 2.05) is 54.6 Å². The number of para-hydroxylation sites is 1. The molecule has 2 aromatic rings. The predicted molar refractivity (Wildman–Crippen MR) is 75.8 cm³/mol. The third-order valence-electron chi connectivity index (χ3n) is 2.26. The molecule has 0 saturated carbocycles. The van der Waals surface area contributed by atoms with Gasteiger partial charge in [0.05, 0.1) is 0 Å². The van der Waals surface area contributed by atoms with Gasteiger partial charge in [-0.1, -0.05) is 58.4 Å². The van der Waals surface area contributed by atoms with Gasteiger partial charge in [0.15, 0.2) is 0 Å². The van der Waals surface area contributed by atoms with Gasteiger partial charge in [0.25, 0.3) is 0 Å².